The third-order valence-electron chi connectivity index (χ3n) is 4.79. The van der Waals surface area contributed by atoms with Gasteiger partial charge in [-0.3, -0.25) is 4.68 Å². The van der Waals surface area contributed by atoms with Gasteiger partial charge in [-0.2, -0.15) is 5.10 Å². The van der Waals surface area contributed by atoms with E-state index in [2.05, 4.69) is 22.0 Å². The van der Waals surface area contributed by atoms with Crippen molar-refractivity contribution in [3.63, 3.8) is 0 Å². The Morgan fingerprint density at radius 3 is 2.26 bits per heavy atom. The lowest BCUT2D eigenvalue weighted by molar-refractivity contribution is 0.581. The summed E-state index contributed by atoms with van der Waals surface area (Å²) in [5.41, 5.74) is 5.00. The van der Waals surface area contributed by atoms with Crippen molar-refractivity contribution >= 4 is 10.0 Å². The molecule has 1 N–H and O–H groups in total. The van der Waals surface area contributed by atoms with Crippen LogP contribution in [0.15, 0.2) is 59.5 Å². The zero-order valence-electron chi connectivity index (χ0n) is 15.9. The molecule has 0 unspecified atom stereocenters. The Morgan fingerprint density at radius 1 is 0.963 bits per heavy atom. The maximum atomic E-state index is 12.6. The SMILES string of the molecule is CCc1ccc(S(=O)(=O)NCc2c(C)nn(Cc3ccccc3)c2C)cc1. The second kappa shape index (κ2) is 8.06. The van der Waals surface area contributed by atoms with E-state index in [-0.39, 0.29) is 11.4 Å². The molecule has 0 atom stereocenters. The molecule has 0 spiro atoms. The van der Waals surface area contributed by atoms with E-state index in [9.17, 15) is 8.42 Å². The maximum Gasteiger partial charge on any atom is 0.240 e. The molecule has 5 nitrogen and oxygen atoms in total. The summed E-state index contributed by atoms with van der Waals surface area (Å²) in [6, 6.07) is 17.1. The fourth-order valence-electron chi connectivity index (χ4n) is 3.05. The van der Waals surface area contributed by atoms with E-state index >= 15 is 0 Å². The monoisotopic (exact) mass is 383 g/mol. The first-order valence-corrected chi connectivity index (χ1v) is 10.5. The number of benzene rings is 2. The van der Waals surface area contributed by atoms with Crippen molar-refractivity contribution in [2.45, 2.75) is 45.2 Å². The molecular formula is C21H25N3O2S. The van der Waals surface area contributed by atoms with Crippen LogP contribution in [0.3, 0.4) is 0 Å². The number of aryl methyl sites for hydroxylation is 2. The molecule has 0 saturated carbocycles. The minimum atomic E-state index is -3.55. The van der Waals surface area contributed by atoms with E-state index in [1.54, 1.807) is 12.1 Å². The van der Waals surface area contributed by atoms with Crippen LogP contribution in [0.2, 0.25) is 0 Å². The average molecular weight is 384 g/mol. The molecule has 0 bridgehead atoms. The molecule has 3 rings (SSSR count). The summed E-state index contributed by atoms with van der Waals surface area (Å²) < 4.78 is 29.8. The third-order valence-corrected chi connectivity index (χ3v) is 6.20. The molecule has 0 radical (unpaired) electrons. The van der Waals surface area contributed by atoms with Crippen LogP contribution < -0.4 is 4.72 Å². The predicted molar refractivity (Wildman–Crippen MR) is 107 cm³/mol. The van der Waals surface area contributed by atoms with Crippen LogP contribution in [-0.2, 0) is 29.5 Å². The van der Waals surface area contributed by atoms with Gasteiger partial charge in [-0.15, -0.1) is 0 Å². The first kappa shape index (κ1) is 19.3. The van der Waals surface area contributed by atoms with Gasteiger partial charge in [-0.25, -0.2) is 13.1 Å². The van der Waals surface area contributed by atoms with E-state index in [4.69, 9.17) is 0 Å². The minimum Gasteiger partial charge on any atom is -0.265 e. The van der Waals surface area contributed by atoms with Crippen molar-refractivity contribution < 1.29 is 8.42 Å². The van der Waals surface area contributed by atoms with Crippen LogP contribution >= 0.6 is 0 Å². The molecule has 2 aromatic carbocycles. The van der Waals surface area contributed by atoms with E-state index in [1.165, 1.54) is 0 Å². The van der Waals surface area contributed by atoms with Crippen molar-refractivity contribution in [1.82, 2.24) is 14.5 Å². The lowest BCUT2D eigenvalue weighted by Gasteiger charge is -2.09. The second-order valence-electron chi connectivity index (χ2n) is 6.61. The number of aromatic nitrogens is 2. The van der Waals surface area contributed by atoms with Crippen molar-refractivity contribution in [3.05, 3.63) is 82.7 Å². The summed E-state index contributed by atoms with van der Waals surface area (Å²) in [5.74, 6) is 0. The van der Waals surface area contributed by atoms with Crippen LogP contribution in [0.1, 0.15) is 35.0 Å². The molecule has 1 heterocycles. The lowest BCUT2D eigenvalue weighted by Crippen LogP contribution is -2.23. The van der Waals surface area contributed by atoms with Crippen LogP contribution in [0, 0.1) is 13.8 Å². The van der Waals surface area contributed by atoms with Crippen molar-refractivity contribution in [1.29, 1.82) is 0 Å². The quantitative estimate of drug-likeness (QED) is 0.678. The highest BCUT2D eigenvalue weighted by Gasteiger charge is 2.17. The smallest absolute Gasteiger partial charge is 0.240 e. The van der Waals surface area contributed by atoms with Gasteiger partial charge in [0.1, 0.15) is 0 Å². The number of rotatable bonds is 7. The van der Waals surface area contributed by atoms with Crippen LogP contribution in [-0.4, -0.2) is 18.2 Å². The van der Waals surface area contributed by atoms with Gasteiger partial charge in [0.25, 0.3) is 0 Å². The van der Waals surface area contributed by atoms with Crippen LogP contribution in [0.4, 0.5) is 0 Å². The van der Waals surface area contributed by atoms with E-state index < -0.39 is 10.0 Å². The standard InChI is InChI=1S/C21H25N3O2S/c1-4-18-10-12-20(13-11-18)27(25,26)22-14-21-16(2)23-24(17(21)3)15-19-8-6-5-7-9-19/h5-13,22H,4,14-15H2,1-3H3. The molecular weight excluding hydrogens is 358 g/mol. The summed E-state index contributed by atoms with van der Waals surface area (Å²) in [5, 5.41) is 4.58. The number of nitrogens with zero attached hydrogens (tertiary/aromatic N) is 2. The number of sulfonamides is 1. The van der Waals surface area contributed by atoms with Gasteiger partial charge >= 0.3 is 0 Å². The highest BCUT2D eigenvalue weighted by Crippen LogP contribution is 2.17. The molecule has 142 valence electrons. The number of hydrogen-bond donors (Lipinski definition) is 1. The first-order valence-electron chi connectivity index (χ1n) is 9.06. The van der Waals surface area contributed by atoms with Crippen LogP contribution in [0.5, 0.6) is 0 Å². The number of nitrogens with one attached hydrogen (secondary N) is 1. The highest BCUT2D eigenvalue weighted by atomic mass is 32.2. The Hall–Kier alpha value is -2.44. The molecule has 3 aromatic rings. The zero-order valence-corrected chi connectivity index (χ0v) is 16.8. The van der Waals surface area contributed by atoms with Gasteiger partial charge in [0, 0.05) is 17.8 Å². The Labute approximate surface area is 161 Å². The lowest BCUT2D eigenvalue weighted by atomic mass is 10.2. The minimum absolute atomic E-state index is 0.227. The summed E-state index contributed by atoms with van der Waals surface area (Å²) >= 11 is 0. The normalized spacial score (nSPS) is 11.7. The van der Waals surface area contributed by atoms with Gasteiger partial charge in [-0.1, -0.05) is 49.4 Å². The van der Waals surface area contributed by atoms with Gasteiger partial charge in [0.15, 0.2) is 0 Å². The fourth-order valence-corrected chi connectivity index (χ4v) is 4.05. The molecule has 0 aliphatic rings. The summed E-state index contributed by atoms with van der Waals surface area (Å²) in [4.78, 5) is 0.284. The molecule has 27 heavy (non-hydrogen) atoms. The second-order valence-corrected chi connectivity index (χ2v) is 8.38. The van der Waals surface area contributed by atoms with Gasteiger partial charge in [-0.05, 0) is 43.5 Å². The Kier molecular flexibility index (Phi) is 5.77. The van der Waals surface area contributed by atoms with Gasteiger partial charge < -0.3 is 0 Å². The van der Waals surface area contributed by atoms with Crippen LogP contribution in [0.25, 0.3) is 0 Å². The molecule has 0 saturated heterocycles. The molecule has 0 fully saturated rings. The Balaban J connectivity index is 1.75. The van der Waals surface area contributed by atoms with E-state index in [0.717, 1.165) is 34.5 Å². The fraction of sp³-hybridized carbons (Fsp3) is 0.286. The maximum absolute atomic E-state index is 12.6. The zero-order chi connectivity index (χ0) is 19.4. The molecule has 1 aromatic heterocycles. The first-order chi connectivity index (χ1) is 12.9. The largest absolute Gasteiger partial charge is 0.265 e. The molecule has 0 amide bonds. The van der Waals surface area contributed by atoms with Crippen molar-refractivity contribution in [2.75, 3.05) is 0 Å². The third kappa shape index (κ3) is 4.46. The summed E-state index contributed by atoms with van der Waals surface area (Å²) in [6.45, 7) is 6.82. The topological polar surface area (TPSA) is 64.0 Å². The Morgan fingerprint density at radius 2 is 1.63 bits per heavy atom. The molecule has 0 aliphatic heterocycles. The van der Waals surface area contributed by atoms with E-state index in [1.807, 2.05) is 55.8 Å². The summed E-state index contributed by atoms with van der Waals surface area (Å²) in [6.07, 6.45) is 0.882. The van der Waals surface area contributed by atoms with Crippen molar-refractivity contribution in [3.8, 4) is 0 Å². The Bertz CT molecular complexity index is 1010. The average Bonchev–Trinajstić information content (AvgIpc) is 2.94. The highest BCUT2D eigenvalue weighted by molar-refractivity contribution is 7.89. The number of hydrogen-bond acceptors (Lipinski definition) is 3. The molecule has 6 heteroatoms. The van der Waals surface area contributed by atoms with Gasteiger partial charge in [0.2, 0.25) is 10.0 Å². The molecule has 0 aliphatic carbocycles. The van der Waals surface area contributed by atoms with Gasteiger partial charge in [0.05, 0.1) is 17.1 Å². The summed E-state index contributed by atoms with van der Waals surface area (Å²) in [7, 11) is -3.55. The predicted octanol–water partition coefficient (Wildman–Crippen LogP) is 3.59. The van der Waals surface area contributed by atoms with Crippen molar-refractivity contribution in [2.24, 2.45) is 0 Å². The van der Waals surface area contributed by atoms with E-state index in [0.29, 0.717) is 6.54 Å².